The van der Waals surface area contributed by atoms with E-state index in [2.05, 4.69) is 0 Å². The molecule has 0 aliphatic heterocycles. The molecule has 1 heterocycles. The van der Waals surface area contributed by atoms with Crippen molar-refractivity contribution < 1.29 is 9.50 Å². The van der Waals surface area contributed by atoms with Crippen LogP contribution < -0.4 is 0 Å². The van der Waals surface area contributed by atoms with Gasteiger partial charge in [-0.05, 0) is 36.4 Å². The van der Waals surface area contributed by atoms with Gasteiger partial charge < -0.3 is 5.11 Å². The van der Waals surface area contributed by atoms with Crippen molar-refractivity contribution in [3.05, 3.63) is 57.0 Å². The molecule has 1 N–H and O–H groups in total. The van der Waals surface area contributed by atoms with E-state index in [1.54, 1.807) is 17.4 Å². The lowest BCUT2D eigenvalue weighted by Gasteiger charge is -2.11. The van der Waals surface area contributed by atoms with Gasteiger partial charge in [0.05, 0.1) is 6.10 Å². The van der Waals surface area contributed by atoms with Crippen molar-refractivity contribution >= 4 is 22.9 Å². The van der Waals surface area contributed by atoms with Crippen molar-refractivity contribution in [1.29, 1.82) is 0 Å². The molecule has 0 saturated carbocycles. The van der Waals surface area contributed by atoms with Crippen LogP contribution in [0.1, 0.15) is 23.0 Å². The monoisotopic (exact) mass is 270 g/mol. The van der Waals surface area contributed by atoms with Crippen LogP contribution in [0.25, 0.3) is 0 Å². The van der Waals surface area contributed by atoms with E-state index in [4.69, 9.17) is 11.6 Å². The van der Waals surface area contributed by atoms with Gasteiger partial charge in [-0.1, -0.05) is 23.7 Å². The molecular formula is C13H12ClFOS. The van der Waals surface area contributed by atoms with Crippen LogP contribution in [0.4, 0.5) is 4.39 Å². The molecule has 4 heteroatoms. The smallest absolute Gasteiger partial charge is 0.130 e. The van der Waals surface area contributed by atoms with Crippen molar-refractivity contribution in [2.45, 2.75) is 18.9 Å². The normalized spacial score (nSPS) is 12.6. The molecule has 0 saturated heterocycles. The molecule has 1 nitrogen and oxygen atoms in total. The molecule has 1 atom stereocenters. The highest BCUT2D eigenvalue weighted by molar-refractivity contribution is 7.09. The fraction of sp³-hybridized carbons (Fsp3) is 0.231. The van der Waals surface area contributed by atoms with Gasteiger partial charge >= 0.3 is 0 Å². The Bertz CT molecular complexity index is 484. The Morgan fingerprint density at radius 3 is 2.82 bits per heavy atom. The predicted molar refractivity (Wildman–Crippen MR) is 69.0 cm³/mol. The van der Waals surface area contributed by atoms with Crippen molar-refractivity contribution in [2.24, 2.45) is 0 Å². The Morgan fingerprint density at radius 2 is 2.18 bits per heavy atom. The third kappa shape index (κ3) is 3.28. The highest BCUT2D eigenvalue weighted by Gasteiger charge is 2.13. The summed E-state index contributed by atoms with van der Waals surface area (Å²) in [5, 5.41) is 12.2. The highest BCUT2D eigenvalue weighted by Crippen LogP contribution is 2.25. The minimum atomic E-state index is -0.783. The largest absolute Gasteiger partial charge is 0.388 e. The highest BCUT2D eigenvalue weighted by atomic mass is 35.5. The third-order valence-corrected chi connectivity index (χ3v) is 3.74. The summed E-state index contributed by atoms with van der Waals surface area (Å²) < 4.78 is 13.5. The second-order valence-electron chi connectivity index (χ2n) is 3.80. The fourth-order valence-electron chi connectivity index (χ4n) is 1.66. The minimum Gasteiger partial charge on any atom is -0.388 e. The topological polar surface area (TPSA) is 20.2 Å². The van der Waals surface area contributed by atoms with Crippen molar-refractivity contribution in [2.75, 3.05) is 0 Å². The van der Waals surface area contributed by atoms with Crippen molar-refractivity contribution in [3.8, 4) is 0 Å². The number of aryl methyl sites for hydroxylation is 1. The summed E-state index contributed by atoms with van der Waals surface area (Å²) >= 11 is 7.30. The summed E-state index contributed by atoms with van der Waals surface area (Å²) in [5.41, 5.74) is 0.311. The number of aliphatic hydroxyl groups excluding tert-OH is 1. The van der Waals surface area contributed by atoms with E-state index in [-0.39, 0.29) is 0 Å². The van der Waals surface area contributed by atoms with Crippen LogP contribution >= 0.6 is 22.9 Å². The Labute approximate surface area is 108 Å². The molecule has 17 heavy (non-hydrogen) atoms. The van der Waals surface area contributed by atoms with Gasteiger partial charge in [-0.15, -0.1) is 11.3 Å². The molecule has 0 radical (unpaired) electrons. The van der Waals surface area contributed by atoms with E-state index in [1.807, 2.05) is 17.5 Å². The first kappa shape index (κ1) is 12.6. The molecule has 1 unspecified atom stereocenters. The zero-order valence-corrected chi connectivity index (χ0v) is 10.6. The van der Waals surface area contributed by atoms with Crippen LogP contribution in [0.15, 0.2) is 35.7 Å². The zero-order chi connectivity index (χ0) is 12.3. The minimum absolute atomic E-state index is 0.311. The summed E-state index contributed by atoms with van der Waals surface area (Å²) in [6, 6.07) is 8.33. The second kappa shape index (κ2) is 5.63. The number of halogens is 2. The molecule has 0 spiro atoms. The maximum Gasteiger partial charge on any atom is 0.130 e. The van der Waals surface area contributed by atoms with E-state index in [9.17, 15) is 9.50 Å². The lowest BCUT2D eigenvalue weighted by Crippen LogP contribution is -2.01. The van der Waals surface area contributed by atoms with Crippen LogP contribution in [0.5, 0.6) is 0 Å². The zero-order valence-electron chi connectivity index (χ0n) is 9.07. The van der Waals surface area contributed by atoms with Gasteiger partial charge in [0, 0.05) is 15.5 Å². The number of benzene rings is 1. The standard InChI is InChI=1S/C13H12ClFOS/c14-9-3-5-11(12(15)8-9)13(16)6-4-10-2-1-7-17-10/h1-3,5,7-8,13,16H,4,6H2. The number of hydrogen-bond donors (Lipinski definition) is 1. The van der Waals surface area contributed by atoms with Gasteiger partial charge in [0.1, 0.15) is 5.82 Å². The molecule has 1 aromatic heterocycles. The van der Waals surface area contributed by atoms with Gasteiger partial charge in [-0.3, -0.25) is 0 Å². The molecule has 0 fully saturated rings. The van der Waals surface area contributed by atoms with Crippen LogP contribution in [0.2, 0.25) is 5.02 Å². The maximum absolute atomic E-state index is 13.5. The van der Waals surface area contributed by atoms with Crippen LogP contribution in [-0.4, -0.2) is 5.11 Å². The van der Waals surface area contributed by atoms with E-state index in [1.165, 1.54) is 17.0 Å². The maximum atomic E-state index is 13.5. The number of rotatable bonds is 4. The fourth-order valence-corrected chi connectivity index (χ4v) is 2.54. The average Bonchev–Trinajstić information content (AvgIpc) is 2.78. The molecule has 0 bridgehead atoms. The van der Waals surface area contributed by atoms with Crippen molar-refractivity contribution in [1.82, 2.24) is 0 Å². The van der Waals surface area contributed by atoms with Crippen LogP contribution in [0, 0.1) is 5.82 Å². The van der Waals surface area contributed by atoms with Crippen molar-refractivity contribution in [3.63, 3.8) is 0 Å². The molecule has 2 aromatic rings. The third-order valence-electron chi connectivity index (χ3n) is 2.57. The first-order valence-electron chi connectivity index (χ1n) is 5.32. The number of thiophene rings is 1. The van der Waals surface area contributed by atoms with Gasteiger partial charge in [-0.2, -0.15) is 0 Å². The second-order valence-corrected chi connectivity index (χ2v) is 5.27. The Balaban J connectivity index is 2.01. The van der Waals surface area contributed by atoms with E-state index in [0.717, 1.165) is 6.42 Å². The first-order valence-corrected chi connectivity index (χ1v) is 6.58. The Hall–Kier alpha value is -0.900. The van der Waals surface area contributed by atoms with Crippen LogP contribution in [-0.2, 0) is 6.42 Å². The van der Waals surface area contributed by atoms with Gasteiger partial charge in [0.15, 0.2) is 0 Å². The summed E-state index contributed by atoms with van der Waals surface area (Å²) in [5.74, 6) is -0.448. The van der Waals surface area contributed by atoms with Gasteiger partial charge in [0.2, 0.25) is 0 Å². The van der Waals surface area contributed by atoms with E-state index >= 15 is 0 Å². The molecule has 0 aliphatic carbocycles. The Kier molecular flexibility index (Phi) is 4.15. The number of hydrogen-bond acceptors (Lipinski definition) is 2. The summed E-state index contributed by atoms with van der Waals surface area (Å²) in [4.78, 5) is 1.19. The summed E-state index contributed by atoms with van der Waals surface area (Å²) in [6.45, 7) is 0. The molecule has 90 valence electrons. The summed E-state index contributed by atoms with van der Waals surface area (Å²) in [7, 11) is 0. The number of aliphatic hydroxyl groups is 1. The lowest BCUT2D eigenvalue weighted by atomic mass is 10.0. The Morgan fingerprint density at radius 1 is 1.35 bits per heavy atom. The molecule has 2 rings (SSSR count). The van der Waals surface area contributed by atoms with Gasteiger partial charge in [0.25, 0.3) is 0 Å². The van der Waals surface area contributed by atoms with Gasteiger partial charge in [-0.25, -0.2) is 4.39 Å². The molecular weight excluding hydrogens is 259 g/mol. The molecule has 0 amide bonds. The van der Waals surface area contributed by atoms with E-state index in [0.29, 0.717) is 17.0 Å². The first-order chi connectivity index (χ1) is 8.16. The van der Waals surface area contributed by atoms with Crippen LogP contribution in [0.3, 0.4) is 0 Å². The molecule has 0 aliphatic rings. The quantitative estimate of drug-likeness (QED) is 0.882. The predicted octanol–water partition coefficient (Wildman–Crippen LogP) is 4.21. The molecule has 1 aromatic carbocycles. The summed E-state index contributed by atoms with van der Waals surface area (Å²) in [6.07, 6.45) is 0.481. The average molecular weight is 271 g/mol. The van der Waals surface area contributed by atoms with E-state index < -0.39 is 11.9 Å². The SMILES string of the molecule is OC(CCc1cccs1)c1ccc(Cl)cc1F. The lowest BCUT2D eigenvalue weighted by molar-refractivity contribution is 0.163.